The average Bonchev–Trinajstić information content (AvgIpc) is 3.00. The van der Waals surface area contributed by atoms with Gasteiger partial charge in [-0.2, -0.15) is 5.10 Å². The summed E-state index contributed by atoms with van der Waals surface area (Å²) in [6, 6.07) is 1.66. The van der Waals surface area contributed by atoms with Crippen molar-refractivity contribution in [3.63, 3.8) is 0 Å². The van der Waals surface area contributed by atoms with Gasteiger partial charge in [0.05, 0.1) is 13.1 Å². The Hall–Kier alpha value is -1.56. The van der Waals surface area contributed by atoms with E-state index < -0.39 is 5.60 Å². The van der Waals surface area contributed by atoms with Crippen molar-refractivity contribution >= 4 is 11.7 Å². The first-order valence-electron chi connectivity index (χ1n) is 5.86. The highest BCUT2D eigenvalue weighted by Gasteiger charge is 2.53. The molecule has 1 saturated carbocycles. The minimum absolute atomic E-state index is 0.0153. The molecule has 2 fully saturated rings. The lowest BCUT2D eigenvalue weighted by Crippen LogP contribution is -2.65. The zero-order valence-electron chi connectivity index (χ0n) is 9.54. The van der Waals surface area contributed by atoms with E-state index in [1.54, 1.807) is 17.2 Å². The van der Waals surface area contributed by atoms with Crippen LogP contribution in [-0.4, -0.2) is 44.4 Å². The minimum atomic E-state index is -0.612. The molecule has 1 aromatic heterocycles. The van der Waals surface area contributed by atoms with Gasteiger partial charge in [0.15, 0.2) is 0 Å². The van der Waals surface area contributed by atoms with Crippen molar-refractivity contribution in [2.45, 2.75) is 25.0 Å². The van der Waals surface area contributed by atoms with Gasteiger partial charge in [0.2, 0.25) is 5.91 Å². The highest BCUT2D eigenvalue weighted by atomic mass is 16.3. The molecule has 17 heavy (non-hydrogen) atoms. The summed E-state index contributed by atoms with van der Waals surface area (Å²) in [5.41, 5.74) is 4.86. The third kappa shape index (κ3) is 1.88. The summed E-state index contributed by atoms with van der Waals surface area (Å²) in [6.45, 7) is 1.12. The largest absolute Gasteiger partial charge is 0.386 e. The van der Waals surface area contributed by atoms with Gasteiger partial charge >= 0.3 is 0 Å². The fourth-order valence-electron chi connectivity index (χ4n) is 2.37. The van der Waals surface area contributed by atoms with Crippen LogP contribution in [0.15, 0.2) is 12.3 Å². The van der Waals surface area contributed by atoms with Gasteiger partial charge in [0, 0.05) is 6.20 Å². The van der Waals surface area contributed by atoms with Gasteiger partial charge in [-0.3, -0.25) is 9.48 Å². The molecule has 0 bridgehead atoms. The molecule has 1 amide bonds. The van der Waals surface area contributed by atoms with Crippen LogP contribution in [0.2, 0.25) is 0 Å². The molecule has 0 atom stereocenters. The Kier molecular flexibility index (Phi) is 2.16. The van der Waals surface area contributed by atoms with Crippen molar-refractivity contribution in [1.29, 1.82) is 0 Å². The number of likely N-dealkylation sites (tertiary alicyclic amines) is 1. The molecule has 0 radical (unpaired) electrons. The zero-order chi connectivity index (χ0) is 12.0. The predicted octanol–water partition coefficient (Wildman–Crippen LogP) is -0.551. The van der Waals surface area contributed by atoms with Crippen LogP contribution in [0, 0.1) is 5.92 Å². The van der Waals surface area contributed by atoms with Gasteiger partial charge in [-0.05, 0) is 24.8 Å². The predicted molar refractivity (Wildman–Crippen MR) is 60.9 cm³/mol. The van der Waals surface area contributed by atoms with Crippen LogP contribution in [-0.2, 0) is 11.3 Å². The number of nitrogen functional groups attached to an aromatic ring is 1. The van der Waals surface area contributed by atoms with Gasteiger partial charge in [0.1, 0.15) is 18.0 Å². The molecule has 3 rings (SSSR count). The van der Waals surface area contributed by atoms with Gasteiger partial charge in [-0.15, -0.1) is 0 Å². The van der Waals surface area contributed by atoms with E-state index in [2.05, 4.69) is 5.10 Å². The molecule has 2 aliphatic rings. The maximum absolute atomic E-state index is 11.8. The van der Waals surface area contributed by atoms with E-state index in [0.29, 0.717) is 24.8 Å². The highest BCUT2D eigenvalue weighted by molar-refractivity contribution is 5.77. The number of hydrogen-bond donors (Lipinski definition) is 2. The molecular formula is C11H16N4O2. The number of nitrogens with zero attached hydrogens (tertiary/aromatic N) is 3. The van der Waals surface area contributed by atoms with Crippen molar-refractivity contribution in [2.24, 2.45) is 5.92 Å². The van der Waals surface area contributed by atoms with Gasteiger partial charge in [-0.25, -0.2) is 0 Å². The molecule has 2 heterocycles. The van der Waals surface area contributed by atoms with Gasteiger partial charge < -0.3 is 15.7 Å². The number of β-amino-alcohol motifs (C(OH)–C–C–N with tert-alkyl or cyclic N) is 1. The maximum Gasteiger partial charge on any atom is 0.244 e. The van der Waals surface area contributed by atoms with Crippen LogP contribution in [0.4, 0.5) is 5.82 Å². The Bertz CT molecular complexity index is 446. The van der Waals surface area contributed by atoms with Crippen LogP contribution >= 0.6 is 0 Å². The number of rotatable bonds is 3. The lowest BCUT2D eigenvalue weighted by atomic mass is 9.89. The summed E-state index contributed by atoms with van der Waals surface area (Å²) < 4.78 is 1.52. The van der Waals surface area contributed by atoms with Crippen molar-refractivity contribution in [2.75, 3.05) is 18.8 Å². The number of carbonyl (C=O) groups excluding carboxylic acids is 1. The van der Waals surface area contributed by atoms with Crippen LogP contribution in [0.3, 0.4) is 0 Å². The first-order chi connectivity index (χ1) is 8.07. The molecule has 1 saturated heterocycles. The summed E-state index contributed by atoms with van der Waals surface area (Å²) in [4.78, 5) is 13.5. The standard InChI is InChI=1S/C11H16N4O2/c12-9-3-4-15(13-9)5-10(16)14-6-11(17,7-14)8-1-2-8/h3-4,8,17H,1-2,5-7H2,(H2,12,13). The van der Waals surface area contributed by atoms with E-state index in [1.165, 1.54) is 4.68 Å². The molecule has 6 heteroatoms. The second kappa shape index (κ2) is 3.46. The first kappa shape index (κ1) is 10.6. The molecule has 1 aliphatic carbocycles. The van der Waals surface area contributed by atoms with E-state index in [4.69, 9.17) is 5.73 Å². The molecular weight excluding hydrogens is 220 g/mol. The Morgan fingerprint density at radius 1 is 1.59 bits per heavy atom. The lowest BCUT2D eigenvalue weighted by Gasteiger charge is -2.46. The fraction of sp³-hybridized carbons (Fsp3) is 0.636. The second-order valence-electron chi connectivity index (χ2n) is 5.07. The SMILES string of the molecule is Nc1ccn(CC(=O)N2CC(O)(C3CC3)C2)n1. The minimum Gasteiger partial charge on any atom is -0.386 e. The molecule has 3 N–H and O–H groups in total. The molecule has 1 aromatic rings. The van der Waals surface area contributed by atoms with Crippen LogP contribution in [0.5, 0.6) is 0 Å². The van der Waals surface area contributed by atoms with Crippen molar-refractivity contribution in [3.8, 4) is 0 Å². The van der Waals surface area contributed by atoms with E-state index in [9.17, 15) is 9.90 Å². The van der Waals surface area contributed by atoms with E-state index in [0.717, 1.165) is 12.8 Å². The van der Waals surface area contributed by atoms with Crippen molar-refractivity contribution in [1.82, 2.24) is 14.7 Å². The number of carbonyl (C=O) groups is 1. The number of hydrogen-bond acceptors (Lipinski definition) is 4. The Morgan fingerprint density at radius 2 is 2.29 bits per heavy atom. The number of aliphatic hydroxyl groups is 1. The smallest absolute Gasteiger partial charge is 0.244 e. The first-order valence-corrected chi connectivity index (χ1v) is 5.86. The second-order valence-corrected chi connectivity index (χ2v) is 5.07. The monoisotopic (exact) mass is 236 g/mol. The Labute approximate surface area is 99.0 Å². The van der Waals surface area contributed by atoms with E-state index in [1.807, 2.05) is 0 Å². The third-order valence-electron chi connectivity index (χ3n) is 3.58. The summed E-state index contributed by atoms with van der Waals surface area (Å²) in [7, 11) is 0. The molecule has 92 valence electrons. The van der Waals surface area contributed by atoms with E-state index in [-0.39, 0.29) is 12.5 Å². The third-order valence-corrected chi connectivity index (χ3v) is 3.58. The normalized spacial score (nSPS) is 22.3. The summed E-state index contributed by atoms with van der Waals surface area (Å²) in [5, 5.41) is 14.1. The molecule has 0 unspecified atom stereocenters. The summed E-state index contributed by atoms with van der Waals surface area (Å²) in [5.74, 6) is 0.807. The molecule has 6 nitrogen and oxygen atoms in total. The summed E-state index contributed by atoms with van der Waals surface area (Å²) >= 11 is 0. The number of anilines is 1. The van der Waals surface area contributed by atoms with Crippen molar-refractivity contribution < 1.29 is 9.90 Å². The quantitative estimate of drug-likeness (QED) is 0.737. The van der Waals surface area contributed by atoms with Gasteiger partial charge in [-0.1, -0.05) is 0 Å². The Morgan fingerprint density at radius 3 is 2.82 bits per heavy atom. The number of aromatic nitrogens is 2. The van der Waals surface area contributed by atoms with Crippen LogP contribution < -0.4 is 5.73 Å². The fourth-order valence-corrected chi connectivity index (χ4v) is 2.37. The van der Waals surface area contributed by atoms with Gasteiger partial charge in [0.25, 0.3) is 0 Å². The molecule has 0 spiro atoms. The number of amides is 1. The van der Waals surface area contributed by atoms with Crippen LogP contribution in [0.25, 0.3) is 0 Å². The molecule has 1 aliphatic heterocycles. The van der Waals surface area contributed by atoms with Crippen LogP contribution in [0.1, 0.15) is 12.8 Å². The lowest BCUT2D eigenvalue weighted by molar-refractivity contribution is -0.160. The topological polar surface area (TPSA) is 84.4 Å². The Balaban J connectivity index is 1.54. The molecule has 0 aromatic carbocycles. The van der Waals surface area contributed by atoms with E-state index >= 15 is 0 Å². The van der Waals surface area contributed by atoms with Crippen molar-refractivity contribution in [3.05, 3.63) is 12.3 Å². The number of nitrogens with two attached hydrogens (primary N) is 1. The maximum atomic E-state index is 11.8. The zero-order valence-corrected chi connectivity index (χ0v) is 9.54. The highest BCUT2D eigenvalue weighted by Crippen LogP contribution is 2.44. The summed E-state index contributed by atoms with van der Waals surface area (Å²) in [6.07, 6.45) is 3.86. The average molecular weight is 236 g/mol.